The summed E-state index contributed by atoms with van der Waals surface area (Å²) in [6, 6.07) is 11.9. The standard InChI is InChI=1S/C29H34F3N3O6S/c30-29(31,32)22-11-15-24(16-12-22)42(40,41)33-23-13-9-21(10-14-23)28(39)35-18-17-34(26(36)7-4-8-27(37)38)19-25(35)20-5-2-1-3-6-20/h1-3,5-6,11-12,15-16,21,23,25,33H,4,7-10,13-14,17-19H2,(H,37,38)/t21-,23-,25-/m1/s1. The van der Waals surface area contributed by atoms with Crippen LogP contribution in [0, 0.1) is 5.92 Å². The molecule has 0 radical (unpaired) electrons. The van der Waals surface area contributed by atoms with E-state index in [1.54, 1.807) is 9.80 Å². The van der Waals surface area contributed by atoms with Gasteiger partial charge < -0.3 is 14.9 Å². The molecule has 0 bridgehead atoms. The maximum atomic E-state index is 13.7. The van der Waals surface area contributed by atoms with Crippen LogP contribution in [0.1, 0.15) is 62.1 Å². The van der Waals surface area contributed by atoms with Crippen molar-refractivity contribution < 1.29 is 41.1 Å². The third-order valence-electron chi connectivity index (χ3n) is 7.87. The highest BCUT2D eigenvalue weighted by atomic mass is 32.2. The summed E-state index contributed by atoms with van der Waals surface area (Å²) < 4.78 is 66.6. The molecular formula is C29H34F3N3O6S. The van der Waals surface area contributed by atoms with Gasteiger partial charge in [0.05, 0.1) is 16.5 Å². The monoisotopic (exact) mass is 609 g/mol. The fourth-order valence-electron chi connectivity index (χ4n) is 5.59. The van der Waals surface area contributed by atoms with Crippen LogP contribution < -0.4 is 4.72 Å². The molecule has 9 nitrogen and oxygen atoms in total. The second-order valence-corrected chi connectivity index (χ2v) is 12.5. The van der Waals surface area contributed by atoms with Crippen molar-refractivity contribution in [1.29, 1.82) is 0 Å². The van der Waals surface area contributed by atoms with Gasteiger partial charge in [-0.05, 0) is 61.9 Å². The number of carbonyl (C=O) groups is 3. The van der Waals surface area contributed by atoms with E-state index in [9.17, 15) is 36.0 Å². The fraction of sp³-hybridized carbons (Fsp3) is 0.483. The van der Waals surface area contributed by atoms with E-state index >= 15 is 0 Å². The number of benzene rings is 2. The van der Waals surface area contributed by atoms with Crippen LogP contribution in [0.3, 0.4) is 0 Å². The molecule has 2 aliphatic rings. The molecule has 1 saturated heterocycles. The van der Waals surface area contributed by atoms with Crippen LogP contribution in [0.15, 0.2) is 59.5 Å². The number of halogens is 3. The van der Waals surface area contributed by atoms with E-state index in [2.05, 4.69) is 4.72 Å². The van der Waals surface area contributed by atoms with Gasteiger partial charge in [0.15, 0.2) is 0 Å². The van der Waals surface area contributed by atoms with E-state index in [0.29, 0.717) is 45.3 Å². The summed E-state index contributed by atoms with van der Waals surface area (Å²) in [5.74, 6) is -1.50. The smallest absolute Gasteiger partial charge is 0.416 e. The zero-order valence-electron chi connectivity index (χ0n) is 22.9. The topological polar surface area (TPSA) is 124 Å². The molecule has 0 unspecified atom stereocenters. The summed E-state index contributed by atoms with van der Waals surface area (Å²) in [4.78, 5) is 40.5. The molecule has 2 N–H and O–H groups in total. The third-order valence-corrected chi connectivity index (χ3v) is 9.41. The molecule has 0 spiro atoms. The van der Waals surface area contributed by atoms with Gasteiger partial charge in [-0.3, -0.25) is 14.4 Å². The average molecular weight is 610 g/mol. The minimum absolute atomic E-state index is 0.0640. The first-order chi connectivity index (χ1) is 19.8. The first-order valence-electron chi connectivity index (χ1n) is 13.9. The summed E-state index contributed by atoms with van der Waals surface area (Å²) >= 11 is 0. The first kappa shape index (κ1) is 31.5. The van der Waals surface area contributed by atoms with Crippen molar-refractivity contribution in [2.45, 2.75) is 68.1 Å². The Kier molecular flexibility index (Phi) is 9.93. The number of sulfonamides is 1. The number of piperazine rings is 1. The molecule has 13 heteroatoms. The number of hydrogen-bond acceptors (Lipinski definition) is 5. The summed E-state index contributed by atoms with van der Waals surface area (Å²) in [6.07, 6.45) is -2.62. The molecule has 0 aromatic heterocycles. The largest absolute Gasteiger partial charge is 0.481 e. The maximum Gasteiger partial charge on any atom is 0.416 e. The van der Waals surface area contributed by atoms with Crippen LogP contribution in [0.25, 0.3) is 0 Å². The fourth-order valence-corrected chi connectivity index (χ4v) is 6.89. The number of carboxylic acids is 1. The van der Waals surface area contributed by atoms with Crippen molar-refractivity contribution in [2.24, 2.45) is 5.92 Å². The van der Waals surface area contributed by atoms with Crippen molar-refractivity contribution in [3.8, 4) is 0 Å². The first-order valence-corrected chi connectivity index (χ1v) is 15.4. The molecule has 228 valence electrons. The molecule has 1 aliphatic carbocycles. The predicted octanol–water partition coefficient (Wildman–Crippen LogP) is 4.21. The highest BCUT2D eigenvalue weighted by Gasteiger charge is 2.38. The Bertz CT molecular complexity index is 1360. The number of alkyl halides is 3. The van der Waals surface area contributed by atoms with Crippen molar-refractivity contribution >= 4 is 27.8 Å². The molecule has 2 aromatic rings. The van der Waals surface area contributed by atoms with Gasteiger partial charge in [-0.1, -0.05) is 30.3 Å². The number of carboxylic acid groups (broad SMARTS) is 1. The van der Waals surface area contributed by atoms with Crippen molar-refractivity contribution in [3.63, 3.8) is 0 Å². The minimum atomic E-state index is -4.57. The molecular weight excluding hydrogens is 575 g/mol. The second kappa shape index (κ2) is 13.2. The van der Waals surface area contributed by atoms with E-state index in [1.807, 2.05) is 30.3 Å². The Balaban J connectivity index is 1.37. The Morgan fingerprint density at radius 3 is 2.14 bits per heavy atom. The zero-order chi connectivity index (χ0) is 30.5. The van der Waals surface area contributed by atoms with Gasteiger partial charge in [-0.2, -0.15) is 13.2 Å². The Hall–Kier alpha value is -3.45. The molecule has 2 aromatic carbocycles. The lowest BCUT2D eigenvalue weighted by atomic mass is 9.85. The van der Waals surface area contributed by atoms with Crippen molar-refractivity contribution in [1.82, 2.24) is 14.5 Å². The number of hydrogen-bond donors (Lipinski definition) is 2. The van der Waals surface area contributed by atoms with Gasteiger partial charge in [0.25, 0.3) is 0 Å². The number of rotatable bonds is 9. The molecule has 1 saturated carbocycles. The van der Waals surface area contributed by atoms with E-state index in [-0.39, 0.29) is 47.9 Å². The van der Waals surface area contributed by atoms with Crippen molar-refractivity contribution in [3.05, 3.63) is 65.7 Å². The van der Waals surface area contributed by atoms with E-state index in [4.69, 9.17) is 5.11 Å². The van der Waals surface area contributed by atoms with Crippen LogP contribution >= 0.6 is 0 Å². The summed E-state index contributed by atoms with van der Waals surface area (Å²) in [6.45, 7) is 0.955. The predicted molar refractivity (Wildman–Crippen MR) is 146 cm³/mol. The van der Waals surface area contributed by atoms with Gasteiger partial charge in [-0.15, -0.1) is 0 Å². The van der Waals surface area contributed by atoms with Crippen LogP contribution in [-0.2, 0) is 30.6 Å². The number of nitrogens with one attached hydrogen (secondary N) is 1. The molecule has 2 fully saturated rings. The average Bonchev–Trinajstić information content (AvgIpc) is 2.96. The van der Waals surface area contributed by atoms with Crippen LogP contribution in [0.2, 0.25) is 0 Å². The van der Waals surface area contributed by atoms with Crippen LogP contribution in [-0.4, -0.2) is 66.8 Å². The van der Waals surface area contributed by atoms with Gasteiger partial charge in [0, 0.05) is 44.4 Å². The molecule has 1 aliphatic heterocycles. The van der Waals surface area contributed by atoms with Gasteiger partial charge in [-0.25, -0.2) is 13.1 Å². The lowest BCUT2D eigenvalue weighted by Crippen LogP contribution is -2.54. The lowest BCUT2D eigenvalue weighted by Gasteiger charge is -2.44. The highest BCUT2D eigenvalue weighted by molar-refractivity contribution is 7.89. The summed E-state index contributed by atoms with van der Waals surface area (Å²) in [7, 11) is -4.03. The van der Waals surface area contributed by atoms with Crippen molar-refractivity contribution in [2.75, 3.05) is 19.6 Å². The van der Waals surface area contributed by atoms with E-state index < -0.39 is 33.8 Å². The summed E-state index contributed by atoms with van der Waals surface area (Å²) in [5.41, 5.74) is -0.0514. The molecule has 2 amide bonds. The minimum Gasteiger partial charge on any atom is -0.481 e. The Morgan fingerprint density at radius 1 is 0.905 bits per heavy atom. The number of nitrogens with zero attached hydrogens (tertiary/aromatic N) is 2. The van der Waals surface area contributed by atoms with Gasteiger partial charge in [0.1, 0.15) is 0 Å². The maximum absolute atomic E-state index is 13.7. The normalized spacial score (nSPS) is 21.6. The molecule has 42 heavy (non-hydrogen) atoms. The lowest BCUT2D eigenvalue weighted by molar-refractivity contribution is -0.147. The SMILES string of the molecule is O=C(O)CCCC(=O)N1CCN(C(=O)[C@H]2CC[C@H](NS(=O)(=O)c3ccc(C(F)(F)F)cc3)CC2)[C@@H](c2ccccc2)C1. The zero-order valence-corrected chi connectivity index (χ0v) is 23.7. The Morgan fingerprint density at radius 2 is 1.55 bits per heavy atom. The Labute approximate surface area is 242 Å². The number of amides is 2. The van der Waals surface area contributed by atoms with E-state index in [1.165, 1.54) is 0 Å². The van der Waals surface area contributed by atoms with Crippen LogP contribution in [0.4, 0.5) is 13.2 Å². The van der Waals surface area contributed by atoms with Gasteiger partial charge in [0.2, 0.25) is 21.8 Å². The molecule has 1 heterocycles. The number of carbonyl (C=O) groups excluding carboxylic acids is 2. The number of aliphatic carboxylic acids is 1. The van der Waals surface area contributed by atoms with Crippen LogP contribution in [0.5, 0.6) is 0 Å². The van der Waals surface area contributed by atoms with Gasteiger partial charge >= 0.3 is 12.1 Å². The third kappa shape index (κ3) is 7.88. The molecule has 4 rings (SSSR count). The quantitative estimate of drug-likeness (QED) is 0.439. The highest BCUT2D eigenvalue weighted by Crippen LogP contribution is 2.33. The second-order valence-electron chi connectivity index (χ2n) is 10.7. The molecule has 1 atom stereocenters. The van der Waals surface area contributed by atoms with E-state index in [0.717, 1.165) is 29.8 Å². The summed E-state index contributed by atoms with van der Waals surface area (Å²) in [5, 5.41) is 8.87.